The van der Waals surface area contributed by atoms with Gasteiger partial charge in [0.05, 0.1) is 6.54 Å². The third kappa shape index (κ3) is 10.5. The predicted octanol–water partition coefficient (Wildman–Crippen LogP) is 6.00. The van der Waals surface area contributed by atoms with Crippen molar-refractivity contribution in [2.75, 3.05) is 26.2 Å². The number of hydrogen-bond donors (Lipinski definition) is 2. The summed E-state index contributed by atoms with van der Waals surface area (Å²) in [6.07, 6.45) is 6.93. The Morgan fingerprint density at radius 2 is 1.31 bits per heavy atom. The largest absolute Gasteiger partial charge is 0.355 e. The summed E-state index contributed by atoms with van der Waals surface area (Å²) in [7, 11) is 0. The summed E-state index contributed by atoms with van der Waals surface area (Å²) in [5.41, 5.74) is 1.88. The van der Waals surface area contributed by atoms with E-state index in [1.807, 2.05) is 0 Å². The average Bonchev–Trinajstić information content (AvgIpc) is 3.14. The lowest BCUT2D eigenvalue weighted by Crippen LogP contribution is -2.44. The lowest BCUT2D eigenvalue weighted by Gasteiger charge is -2.20. The van der Waals surface area contributed by atoms with Crippen molar-refractivity contribution in [3.8, 4) is 0 Å². The van der Waals surface area contributed by atoms with Crippen LogP contribution >= 0.6 is 0 Å². The quantitative estimate of drug-likeness (QED) is 0.449. The van der Waals surface area contributed by atoms with Crippen molar-refractivity contribution in [1.29, 1.82) is 0 Å². The van der Waals surface area contributed by atoms with Crippen LogP contribution < -0.4 is 10.6 Å². The van der Waals surface area contributed by atoms with E-state index in [2.05, 4.69) is 24.5 Å². The first-order valence-electron chi connectivity index (χ1n) is 12.7. The Kier molecular flexibility index (Phi) is 12.8. The van der Waals surface area contributed by atoms with Crippen LogP contribution in [0.2, 0.25) is 0 Å². The van der Waals surface area contributed by atoms with Gasteiger partial charge in [0.2, 0.25) is 5.91 Å². The molecule has 0 spiro atoms. The molecule has 5 nitrogen and oxygen atoms in total. The molecular formula is C28H39F2N3O2. The van der Waals surface area contributed by atoms with Gasteiger partial charge in [0, 0.05) is 25.6 Å². The SMILES string of the molecule is CCC.O=C(CNC(=O)N1CCCCCC1)NCCCC(c1ccc(F)cc1)c1ccc(F)cc1. The molecular weight excluding hydrogens is 448 g/mol. The second-order valence-corrected chi connectivity index (χ2v) is 8.91. The molecule has 1 heterocycles. The predicted molar refractivity (Wildman–Crippen MR) is 136 cm³/mol. The van der Waals surface area contributed by atoms with Gasteiger partial charge in [0.15, 0.2) is 0 Å². The molecule has 0 atom stereocenters. The highest BCUT2D eigenvalue weighted by molar-refractivity contribution is 5.83. The molecule has 1 aliphatic heterocycles. The maximum Gasteiger partial charge on any atom is 0.317 e. The van der Waals surface area contributed by atoms with E-state index < -0.39 is 0 Å². The van der Waals surface area contributed by atoms with Crippen LogP contribution in [0.3, 0.4) is 0 Å². The number of carbonyl (C=O) groups excluding carboxylic acids is 2. The number of rotatable bonds is 8. The summed E-state index contributed by atoms with van der Waals surface area (Å²) in [5.74, 6) is -0.869. The van der Waals surface area contributed by atoms with E-state index in [1.54, 1.807) is 29.2 Å². The fourth-order valence-electron chi connectivity index (χ4n) is 4.05. The van der Waals surface area contributed by atoms with Crippen LogP contribution in [-0.2, 0) is 4.79 Å². The molecule has 0 aliphatic carbocycles. The Morgan fingerprint density at radius 1 is 0.829 bits per heavy atom. The minimum atomic E-state index is -0.305. The van der Waals surface area contributed by atoms with Crippen molar-refractivity contribution in [3.05, 3.63) is 71.3 Å². The van der Waals surface area contributed by atoms with Crippen LogP contribution in [0, 0.1) is 11.6 Å². The first-order chi connectivity index (χ1) is 16.9. The summed E-state index contributed by atoms with van der Waals surface area (Å²) in [6, 6.07) is 12.4. The van der Waals surface area contributed by atoms with E-state index in [-0.39, 0.29) is 36.0 Å². The number of nitrogens with zero attached hydrogens (tertiary/aromatic N) is 1. The number of likely N-dealkylation sites (tertiary alicyclic amines) is 1. The van der Waals surface area contributed by atoms with E-state index in [9.17, 15) is 18.4 Å². The number of urea groups is 1. The number of halogens is 2. The zero-order chi connectivity index (χ0) is 25.5. The molecule has 7 heteroatoms. The van der Waals surface area contributed by atoms with E-state index in [1.165, 1.54) is 30.7 Å². The van der Waals surface area contributed by atoms with E-state index >= 15 is 0 Å². The molecule has 1 fully saturated rings. The highest BCUT2D eigenvalue weighted by Crippen LogP contribution is 2.29. The van der Waals surface area contributed by atoms with Crippen molar-refractivity contribution < 1.29 is 18.4 Å². The van der Waals surface area contributed by atoms with Gasteiger partial charge in [-0.3, -0.25) is 4.79 Å². The monoisotopic (exact) mass is 487 g/mol. The average molecular weight is 488 g/mol. The molecule has 3 amide bonds. The second kappa shape index (κ2) is 15.8. The van der Waals surface area contributed by atoms with Crippen molar-refractivity contribution in [2.24, 2.45) is 0 Å². The summed E-state index contributed by atoms with van der Waals surface area (Å²) >= 11 is 0. The number of amides is 3. The second-order valence-electron chi connectivity index (χ2n) is 8.91. The number of benzene rings is 2. The van der Waals surface area contributed by atoms with Crippen molar-refractivity contribution >= 4 is 11.9 Å². The Bertz CT molecular complexity index is 835. The maximum atomic E-state index is 13.3. The van der Waals surface area contributed by atoms with Gasteiger partial charge in [-0.1, -0.05) is 57.4 Å². The molecule has 2 N–H and O–H groups in total. The molecule has 1 saturated heterocycles. The van der Waals surface area contributed by atoms with Gasteiger partial charge in [-0.25, -0.2) is 13.6 Å². The highest BCUT2D eigenvalue weighted by Gasteiger charge is 2.17. The third-order valence-electron chi connectivity index (χ3n) is 5.83. The van der Waals surface area contributed by atoms with Crippen LogP contribution in [0.15, 0.2) is 48.5 Å². The summed E-state index contributed by atoms with van der Waals surface area (Å²) < 4.78 is 26.7. The molecule has 0 unspecified atom stereocenters. The van der Waals surface area contributed by atoms with E-state index in [0.29, 0.717) is 19.4 Å². The zero-order valence-electron chi connectivity index (χ0n) is 21.0. The molecule has 2 aromatic carbocycles. The van der Waals surface area contributed by atoms with Crippen molar-refractivity contribution in [1.82, 2.24) is 15.5 Å². The molecule has 3 rings (SSSR count). The minimum absolute atomic E-state index is 0.0316. The van der Waals surface area contributed by atoms with Gasteiger partial charge in [-0.15, -0.1) is 0 Å². The van der Waals surface area contributed by atoms with Crippen LogP contribution in [0.25, 0.3) is 0 Å². The van der Waals surface area contributed by atoms with Crippen molar-refractivity contribution in [3.63, 3.8) is 0 Å². The standard InChI is InChI=1S/C25H31F2N3O2.C3H8/c26-21-11-7-19(8-12-21)23(20-9-13-22(27)14-10-20)6-5-15-28-24(31)18-29-25(32)30-16-3-1-2-4-17-30;1-3-2/h7-14,23H,1-6,15-18H2,(H,28,31)(H,29,32);3H2,1-2H3. The molecule has 35 heavy (non-hydrogen) atoms. The van der Waals surface area contributed by atoms with Gasteiger partial charge in [-0.2, -0.15) is 0 Å². The lowest BCUT2D eigenvalue weighted by atomic mass is 9.87. The molecule has 1 aliphatic rings. The van der Waals surface area contributed by atoms with Gasteiger partial charge in [0.25, 0.3) is 0 Å². The Hall–Kier alpha value is -2.96. The Balaban J connectivity index is 0.00000137. The van der Waals surface area contributed by atoms with Gasteiger partial charge in [0.1, 0.15) is 11.6 Å². The van der Waals surface area contributed by atoms with Gasteiger partial charge >= 0.3 is 6.03 Å². The Morgan fingerprint density at radius 3 is 1.80 bits per heavy atom. The van der Waals surface area contributed by atoms with Crippen LogP contribution in [-0.4, -0.2) is 43.0 Å². The molecule has 0 bridgehead atoms. The first-order valence-corrected chi connectivity index (χ1v) is 12.7. The summed E-state index contributed by atoms with van der Waals surface area (Å²) in [5, 5.41) is 5.53. The maximum absolute atomic E-state index is 13.3. The first kappa shape index (κ1) is 28.3. The zero-order valence-corrected chi connectivity index (χ0v) is 21.0. The molecule has 0 radical (unpaired) electrons. The smallest absolute Gasteiger partial charge is 0.317 e. The molecule has 0 saturated carbocycles. The number of hydrogen-bond acceptors (Lipinski definition) is 2. The van der Waals surface area contributed by atoms with Gasteiger partial charge < -0.3 is 15.5 Å². The van der Waals surface area contributed by atoms with E-state index in [4.69, 9.17) is 0 Å². The van der Waals surface area contributed by atoms with Crippen LogP contribution in [0.4, 0.5) is 13.6 Å². The number of carbonyl (C=O) groups is 2. The summed E-state index contributed by atoms with van der Waals surface area (Å²) in [4.78, 5) is 26.1. The number of nitrogens with one attached hydrogen (secondary N) is 2. The summed E-state index contributed by atoms with van der Waals surface area (Å²) in [6.45, 7) is 6.13. The fraction of sp³-hybridized carbons (Fsp3) is 0.500. The molecule has 2 aromatic rings. The highest BCUT2D eigenvalue weighted by atomic mass is 19.1. The topological polar surface area (TPSA) is 61.4 Å². The Labute approximate surface area is 208 Å². The van der Waals surface area contributed by atoms with E-state index in [0.717, 1.165) is 49.9 Å². The van der Waals surface area contributed by atoms with Crippen molar-refractivity contribution in [2.45, 2.75) is 64.7 Å². The molecule has 0 aromatic heterocycles. The lowest BCUT2D eigenvalue weighted by molar-refractivity contribution is -0.120. The normalized spacial score (nSPS) is 13.5. The minimum Gasteiger partial charge on any atom is -0.355 e. The third-order valence-corrected chi connectivity index (χ3v) is 5.83. The fourth-order valence-corrected chi connectivity index (χ4v) is 4.05. The van der Waals surface area contributed by atoms with Gasteiger partial charge in [-0.05, 0) is 61.1 Å². The van der Waals surface area contributed by atoms with Crippen LogP contribution in [0.1, 0.15) is 75.8 Å². The van der Waals surface area contributed by atoms with Crippen LogP contribution in [0.5, 0.6) is 0 Å². The molecule has 192 valence electrons.